The van der Waals surface area contributed by atoms with Crippen LogP contribution >= 0.6 is 0 Å². The van der Waals surface area contributed by atoms with Crippen LogP contribution < -0.4 is 10.6 Å². The van der Waals surface area contributed by atoms with Crippen LogP contribution in [0.15, 0.2) is 36.2 Å². The van der Waals surface area contributed by atoms with E-state index in [1.54, 1.807) is 11.6 Å². The molecule has 0 spiro atoms. The monoisotopic (exact) mass is 437 g/mol. The van der Waals surface area contributed by atoms with Crippen LogP contribution in [0.3, 0.4) is 0 Å². The highest BCUT2D eigenvalue weighted by atomic mass is 19.1. The molecule has 4 aliphatic rings. The largest absolute Gasteiger partial charge is 0.338 e. The summed E-state index contributed by atoms with van der Waals surface area (Å²) < 4.78 is 13.9. The van der Waals surface area contributed by atoms with Crippen LogP contribution in [0, 0.1) is 34.4 Å². The van der Waals surface area contributed by atoms with Gasteiger partial charge >= 0.3 is 6.03 Å². The molecule has 0 saturated heterocycles. The fourth-order valence-corrected chi connectivity index (χ4v) is 7.76. The van der Waals surface area contributed by atoms with Crippen molar-refractivity contribution in [2.75, 3.05) is 6.54 Å². The second-order valence-corrected chi connectivity index (χ2v) is 10.9. The second kappa shape index (κ2) is 8.00. The van der Waals surface area contributed by atoms with Crippen LogP contribution in [0.1, 0.15) is 71.3 Å². The summed E-state index contributed by atoms with van der Waals surface area (Å²) >= 11 is 0. The molecule has 2 N–H and O–H groups in total. The van der Waals surface area contributed by atoms with Crippen molar-refractivity contribution in [1.29, 1.82) is 0 Å². The Morgan fingerprint density at radius 3 is 2.72 bits per heavy atom. The van der Waals surface area contributed by atoms with Crippen LogP contribution in [0.4, 0.5) is 9.18 Å². The number of rotatable bonds is 3. The van der Waals surface area contributed by atoms with Gasteiger partial charge in [0.05, 0.1) is 6.20 Å². The normalized spacial score (nSPS) is 38.0. The third-order valence-corrected chi connectivity index (χ3v) is 9.37. The van der Waals surface area contributed by atoms with Gasteiger partial charge in [-0.15, -0.1) is 0 Å². The van der Waals surface area contributed by atoms with E-state index in [1.165, 1.54) is 18.2 Å². The van der Waals surface area contributed by atoms with Gasteiger partial charge in [-0.2, -0.15) is 0 Å². The maximum atomic E-state index is 13.9. The van der Waals surface area contributed by atoms with Crippen molar-refractivity contribution in [3.8, 4) is 0 Å². The third-order valence-electron chi connectivity index (χ3n) is 9.37. The first-order valence-corrected chi connectivity index (χ1v) is 12.4. The molecule has 2 amide bonds. The molecule has 4 nitrogen and oxygen atoms in total. The zero-order chi connectivity index (χ0) is 22.5. The lowest BCUT2D eigenvalue weighted by atomic mass is 9.47. The minimum Gasteiger partial charge on any atom is -0.338 e. The van der Waals surface area contributed by atoms with Crippen molar-refractivity contribution in [3.63, 3.8) is 0 Å². The highest BCUT2D eigenvalue weighted by Crippen LogP contribution is 2.66. The standard InChI is InChI=1S/C27H36FN3O/c1-4-30-25(32)31-20-9-11-26(2)18(14-20)5-6-21-23-8-7-22(17-13-19(28)16-29-15-17)27(23,3)12-10-24(21)26/h5,7,13,15-16,20-21,23-24H,4,6,8-12,14H2,1-3H3,(H2,30,31,32)/t20-,21+,23+,24+,26+,27-/m1/s1. The predicted molar refractivity (Wildman–Crippen MR) is 125 cm³/mol. The van der Waals surface area contributed by atoms with E-state index in [0.29, 0.717) is 24.3 Å². The Hall–Kier alpha value is -2.17. The summed E-state index contributed by atoms with van der Waals surface area (Å²) in [5, 5.41) is 6.04. The average Bonchev–Trinajstić information content (AvgIpc) is 3.11. The number of hydrogen-bond donors (Lipinski definition) is 2. The fourth-order valence-electron chi connectivity index (χ4n) is 7.76. The Morgan fingerprint density at radius 1 is 1.12 bits per heavy atom. The van der Waals surface area contributed by atoms with E-state index in [4.69, 9.17) is 0 Å². The van der Waals surface area contributed by atoms with Gasteiger partial charge in [0.25, 0.3) is 0 Å². The van der Waals surface area contributed by atoms with Gasteiger partial charge in [0.1, 0.15) is 5.82 Å². The van der Waals surface area contributed by atoms with E-state index < -0.39 is 0 Å². The number of urea groups is 1. The minimum absolute atomic E-state index is 0.0415. The lowest BCUT2D eigenvalue weighted by Gasteiger charge is -2.58. The van der Waals surface area contributed by atoms with Gasteiger partial charge in [0.15, 0.2) is 0 Å². The molecular formula is C27H36FN3O. The molecular weight excluding hydrogens is 401 g/mol. The van der Waals surface area contributed by atoms with Crippen molar-refractivity contribution < 1.29 is 9.18 Å². The number of carbonyl (C=O) groups excluding carboxylic acids is 1. The Labute approximate surface area is 191 Å². The molecule has 2 saturated carbocycles. The summed E-state index contributed by atoms with van der Waals surface area (Å²) in [4.78, 5) is 16.2. The molecule has 5 heteroatoms. The molecule has 0 bridgehead atoms. The van der Waals surface area contributed by atoms with E-state index >= 15 is 0 Å². The topological polar surface area (TPSA) is 54.0 Å². The van der Waals surface area contributed by atoms with Gasteiger partial charge in [-0.05, 0) is 97.7 Å². The van der Waals surface area contributed by atoms with Gasteiger partial charge in [0, 0.05) is 18.8 Å². The molecule has 0 aromatic carbocycles. The third kappa shape index (κ3) is 3.39. The van der Waals surface area contributed by atoms with E-state index in [0.717, 1.165) is 44.1 Å². The molecule has 5 rings (SSSR count). The molecule has 172 valence electrons. The number of carbonyl (C=O) groups is 1. The molecule has 2 fully saturated rings. The summed E-state index contributed by atoms with van der Waals surface area (Å²) in [6.45, 7) is 7.50. The van der Waals surface area contributed by atoms with E-state index in [1.807, 2.05) is 13.1 Å². The van der Waals surface area contributed by atoms with Crippen molar-refractivity contribution >= 4 is 11.6 Å². The summed E-state index contributed by atoms with van der Waals surface area (Å²) in [6, 6.07) is 1.86. The number of aromatic nitrogens is 1. The van der Waals surface area contributed by atoms with Crippen molar-refractivity contribution in [1.82, 2.24) is 15.6 Å². The van der Waals surface area contributed by atoms with Crippen LogP contribution in [0.25, 0.3) is 5.57 Å². The molecule has 0 radical (unpaired) electrons. The molecule has 6 atom stereocenters. The maximum Gasteiger partial charge on any atom is 0.315 e. The number of fused-ring (bicyclic) bond motifs is 5. The molecule has 0 aliphatic heterocycles. The first kappa shape index (κ1) is 21.7. The Bertz CT molecular complexity index is 971. The number of nitrogens with zero attached hydrogens (tertiary/aromatic N) is 1. The fraction of sp³-hybridized carbons (Fsp3) is 0.630. The second-order valence-electron chi connectivity index (χ2n) is 10.9. The first-order valence-electron chi connectivity index (χ1n) is 12.4. The number of allylic oxidation sites excluding steroid dienone is 3. The predicted octanol–water partition coefficient (Wildman–Crippen LogP) is 5.86. The summed E-state index contributed by atoms with van der Waals surface area (Å²) in [7, 11) is 0. The van der Waals surface area contributed by atoms with Crippen LogP contribution in [-0.2, 0) is 0 Å². The first-order chi connectivity index (χ1) is 15.3. The quantitative estimate of drug-likeness (QED) is 0.582. The summed E-state index contributed by atoms with van der Waals surface area (Å²) in [5.74, 6) is 1.73. The zero-order valence-corrected chi connectivity index (χ0v) is 19.6. The van der Waals surface area contributed by atoms with Gasteiger partial charge in [0.2, 0.25) is 0 Å². The molecule has 4 aliphatic carbocycles. The van der Waals surface area contributed by atoms with Gasteiger partial charge in [-0.1, -0.05) is 31.6 Å². The van der Waals surface area contributed by atoms with E-state index in [2.05, 4.69) is 41.6 Å². The van der Waals surface area contributed by atoms with Crippen LogP contribution in [0.5, 0.6) is 0 Å². The number of nitrogens with one attached hydrogen (secondary N) is 2. The Morgan fingerprint density at radius 2 is 1.94 bits per heavy atom. The highest BCUT2D eigenvalue weighted by molar-refractivity contribution is 5.74. The van der Waals surface area contributed by atoms with E-state index in [9.17, 15) is 9.18 Å². The number of hydrogen-bond acceptors (Lipinski definition) is 2. The lowest BCUT2D eigenvalue weighted by molar-refractivity contribution is -0.0121. The van der Waals surface area contributed by atoms with Crippen molar-refractivity contribution in [2.45, 2.75) is 71.8 Å². The number of amides is 2. The molecule has 1 aromatic rings. The van der Waals surface area contributed by atoms with E-state index in [-0.39, 0.29) is 28.7 Å². The minimum atomic E-state index is -0.250. The van der Waals surface area contributed by atoms with Gasteiger partial charge in [-0.25, -0.2) is 9.18 Å². The summed E-state index contributed by atoms with van der Waals surface area (Å²) in [6.07, 6.45) is 15.8. The van der Waals surface area contributed by atoms with Crippen LogP contribution in [0.2, 0.25) is 0 Å². The van der Waals surface area contributed by atoms with Gasteiger partial charge < -0.3 is 10.6 Å². The smallest absolute Gasteiger partial charge is 0.315 e. The Kier molecular flexibility index (Phi) is 5.42. The highest BCUT2D eigenvalue weighted by Gasteiger charge is 2.56. The number of pyridine rings is 1. The molecule has 1 heterocycles. The summed E-state index contributed by atoms with van der Waals surface area (Å²) in [5.41, 5.74) is 4.18. The molecule has 0 unspecified atom stereocenters. The average molecular weight is 438 g/mol. The van der Waals surface area contributed by atoms with Crippen LogP contribution in [-0.4, -0.2) is 23.6 Å². The van der Waals surface area contributed by atoms with Crippen molar-refractivity contribution in [2.24, 2.45) is 28.6 Å². The SMILES string of the molecule is CCNC(=O)N[C@@H]1CC[C@@]2(C)C(=CC[C@@H]3[C@@H]2CC[C@]2(C)C(c4cncc(F)c4)=CC[C@@H]32)C1. The number of halogens is 1. The van der Waals surface area contributed by atoms with Crippen molar-refractivity contribution in [3.05, 3.63) is 47.6 Å². The molecule has 32 heavy (non-hydrogen) atoms. The molecule has 1 aromatic heterocycles. The Balaban J connectivity index is 1.36. The lowest BCUT2D eigenvalue weighted by Crippen LogP contribution is -2.52. The maximum absolute atomic E-state index is 13.9. The zero-order valence-electron chi connectivity index (χ0n) is 19.6. The van der Waals surface area contributed by atoms with Gasteiger partial charge in [-0.3, -0.25) is 4.98 Å².